The average Bonchev–Trinajstić information content (AvgIpc) is 3.00. The van der Waals surface area contributed by atoms with Crippen molar-refractivity contribution in [1.29, 1.82) is 0 Å². The number of benzene rings is 1. The average molecular weight is 337 g/mol. The number of aliphatic hydroxyl groups excluding tert-OH is 1. The third-order valence-electron chi connectivity index (χ3n) is 4.57. The first-order valence-electron chi connectivity index (χ1n) is 7.99. The molecular weight excluding hydrogens is 314 g/mol. The standard InChI is InChI=1S/C17H23NO4S/c1-21-17(15-11-23-16(20)18-15)10-13(19)9-14(22-17)8-7-12-5-3-2-4-6-12/h2-6,13-15,19H,7-11H2,1H3,(H,18,20)/t13-,14+,15?,17?/m0/s1. The van der Waals surface area contributed by atoms with Crippen molar-refractivity contribution in [3.63, 3.8) is 0 Å². The van der Waals surface area contributed by atoms with E-state index < -0.39 is 11.9 Å². The highest BCUT2D eigenvalue weighted by Crippen LogP contribution is 2.37. The van der Waals surface area contributed by atoms with Crippen LogP contribution < -0.4 is 5.32 Å². The number of hydrogen-bond donors (Lipinski definition) is 2. The molecule has 0 bridgehead atoms. The van der Waals surface area contributed by atoms with Gasteiger partial charge in [-0.25, -0.2) is 0 Å². The maximum atomic E-state index is 11.5. The molecule has 0 radical (unpaired) electrons. The molecule has 2 saturated heterocycles. The van der Waals surface area contributed by atoms with Crippen molar-refractivity contribution in [3.8, 4) is 0 Å². The van der Waals surface area contributed by atoms with Crippen molar-refractivity contribution in [3.05, 3.63) is 35.9 Å². The Hall–Kier alpha value is -1.08. The summed E-state index contributed by atoms with van der Waals surface area (Å²) < 4.78 is 11.9. The second-order valence-corrected chi connectivity index (χ2v) is 7.16. The normalized spacial score (nSPS) is 34.3. The van der Waals surface area contributed by atoms with Crippen LogP contribution in [0, 0.1) is 0 Å². The minimum Gasteiger partial charge on any atom is -0.393 e. The molecule has 2 unspecified atom stereocenters. The molecule has 0 spiro atoms. The van der Waals surface area contributed by atoms with Gasteiger partial charge >= 0.3 is 0 Å². The first kappa shape index (κ1) is 16.8. The highest BCUT2D eigenvalue weighted by Gasteiger charge is 2.50. The lowest BCUT2D eigenvalue weighted by Gasteiger charge is -2.45. The number of thioether (sulfide) groups is 1. The Morgan fingerprint density at radius 1 is 1.43 bits per heavy atom. The fourth-order valence-corrected chi connectivity index (χ4v) is 4.24. The summed E-state index contributed by atoms with van der Waals surface area (Å²) >= 11 is 1.23. The van der Waals surface area contributed by atoms with Gasteiger partial charge in [0, 0.05) is 19.3 Å². The van der Waals surface area contributed by atoms with E-state index in [1.165, 1.54) is 17.3 Å². The van der Waals surface area contributed by atoms with Crippen molar-refractivity contribution in [1.82, 2.24) is 5.32 Å². The molecule has 4 atom stereocenters. The number of rotatable bonds is 5. The Balaban J connectivity index is 1.66. The van der Waals surface area contributed by atoms with Crippen LogP contribution in [-0.4, -0.2) is 47.2 Å². The lowest BCUT2D eigenvalue weighted by atomic mass is 9.91. The van der Waals surface area contributed by atoms with Gasteiger partial charge in [-0.3, -0.25) is 4.79 Å². The van der Waals surface area contributed by atoms with E-state index in [0.29, 0.717) is 18.6 Å². The number of amides is 1. The second kappa shape index (κ2) is 7.21. The van der Waals surface area contributed by atoms with Crippen LogP contribution in [0.15, 0.2) is 30.3 Å². The van der Waals surface area contributed by atoms with Crippen LogP contribution in [0.25, 0.3) is 0 Å². The van der Waals surface area contributed by atoms with Crippen molar-refractivity contribution in [2.24, 2.45) is 0 Å². The van der Waals surface area contributed by atoms with Gasteiger partial charge < -0.3 is 19.9 Å². The summed E-state index contributed by atoms with van der Waals surface area (Å²) in [6.07, 6.45) is 2.14. The number of carbonyl (C=O) groups is 1. The molecule has 2 N–H and O–H groups in total. The van der Waals surface area contributed by atoms with Crippen LogP contribution in [0.3, 0.4) is 0 Å². The van der Waals surface area contributed by atoms with Crippen LogP contribution in [0.2, 0.25) is 0 Å². The van der Waals surface area contributed by atoms with Gasteiger partial charge in [0.15, 0.2) is 5.79 Å². The Labute approximate surface area is 140 Å². The van der Waals surface area contributed by atoms with Crippen LogP contribution in [0.5, 0.6) is 0 Å². The molecule has 1 amide bonds. The van der Waals surface area contributed by atoms with Crippen LogP contribution >= 0.6 is 11.8 Å². The Morgan fingerprint density at radius 3 is 2.87 bits per heavy atom. The molecule has 1 aromatic rings. The summed E-state index contributed by atoms with van der Waals surface area (Å²) in [5.74, 6) is -0.330. The minimum atomic E-state index is -0.932. The molecule has 2 heterocycles. The number of hydrogen-bond acceptors (Lipinski definition) is 5. The quantitative estimate of drug-likeness (QED) is 0.863. The van der Waals surface area contributed by atoms with Crippen molar-refractivity contribution in [2.45, 2.75) is 49.7 Å². The highest BCUT2D eigenvalue weighted by molar-refractivity contribution is 8.14. The smallest absolute Gasteiger partial charge is 0.279 e. The molecule has 2 fully saturated rings. The zero-order valence-corrected chi connectivity index (χ0v) is 14.1. The van der Waals surface area contributed by atoms with E-state index in [0.717, 1.165) is 12.8 Å². The monoisotopic (exact) mass is 337 g/mol. The molecule has 0 aliphatic carbocycles. The number of ether oxygens (including phenoxy) is 2. The SMILES string of the molecule is COC1(C2CSC(=O)N2)C[C@@H](O)C[C@@H](CCc2ccccc2)O1. The Morgan fingerprint density at radius 2 is 2.22 bits per heavy atom. The van der Waals surface area contributed by atoms with Crippen molar-refractivity contribution < 1.29 is 19.4 Å². The van der Waals surface area contributed by atoms with Gasteiger partial charge in [0.05, 0.1) is 18.2 Å². The number of carbonyl (C=O) groups excluding carboxylic acids is 1. The van der Waals surface area contributed by atoms with Gasteiger partial charge in [-0.05, 0) is 24.8 Å². The first-order valence-corrected chi connectivity index (χ1v) is 8.98. The summed E-state index contributed by atoms with van der Waals surface area (Å²) in [4.78, 5) is 11.5. The van der Waals surface area contributed by atoms with E-state index in [9.17, 15) is 9.90 Å². The van der Waals surface area contributed by atoms with E-state index in [1.54, 1.807) is 7.11 Å². The highest BCUT2D eigenvalue weighted by atomic mass is 32.2. The Kier molecular flexibility index (Phi) is 5.26. The fourth-order valence-electron chi connectivity index (χ4n) is 3.36. The topological polar surface area (TPSA) is 67.8 Å². The molecule has 0 aromatic heterocycles. The summed E-state index contributed by atoms with van der Waals surface area (Å²) in [5.41, 5.74) is 1.25. The summed E-state index contributed by atoms with van der Waals surface area (Å²) in [5, 5.41) is 13.1. The van der Waals surface area contributed by atoms with Gasteiger partial charge in [0.1, 0.15) is 0 Å². The lowest BCUT2D eigenvalue weighted by Crippen LogP contribution is -2.59. The molecular formula is C17H23NO4S. The maximum Gasteiger partial charge on any atom is 0.279 e. The molecule has 6 heteroatoms. The summed E-state index contributed by atoms with van der Waals surface area (Å²) in [6.45, 7) is 0. The van der Waals surface area contributed by atoms with Gasteiger partial charge in [-0.1, -0.05) is 42.1 Å². The largest absolute Gasteiger partial charge is 0.393 e. The third-order valence-corrected chi connectivity index (χ3v) is 5.45. The molecule has 5 nitrogen and oxygen atoms in total. The van der Waals surface area contributed by atoms with E-state index in [4.69, 9.17) is 9.47 Å². The first-order chi connectivity index (χ1) is 11.1. The summed E-state index contributed by atoms with van der Waals surface area (Å²) in [6, 6.07) is 10.0. The summed E-state index contributed by atoms with van der Waals surface area (Å²) in [7, 11) is 1.58. The number of aliphatic hydroxyl groups is 1. The molecule has 3 rings (SSSR count). The molecule has 126 valence electrons. The molecule has 2 aliphatic heterocycles. The van der Waals surface area contributed by atoms with E-state index in [-0.39, 0.29) is 17.4 Å². The van der Waals surface area contributed by atoms with Gasteiger partial charge in [-0.15, -0.1) is 0 Å². The van der Waals surface area contributed by atoms with Crippen LogP contribution in [0.1, 0.15) is 24.8 Å². The van der Waals surface area contributed by atoms with Crippen molar-refractivity contribution >= 4 is 17.0 Å². The predicted octanol–water partition coefficient (Wildman–Crippen LogP) is 2.33. The van der Waals surface area contributed by atoms with Crippen LogP contribution in [-0.2, 0) is 15.9 Å². The number of nitrogens with one attached hydrogen (secondary N) is 1. The zero-order valence-electron chi connectivity index (χ0n) is 13.2. The van der Waals surface area contributed by atoms with Gasteiger partial charge in [-0.2, -0.15) is 0 Å². The number of methoxy groups -OCH3 is 1. The molecule has 23 heavy (non-hydrogen) atoms. The van der Waals surface area contributed by atoms with Gasteiger partial charge in [0.2, 0.25) is 0 Å². The molecule has 2 aliphatic rings. The van der Waals surface area contributed by atoms with E-state index in [2.05, 4.69) is 17.4 Å². The fraction of sp³-hybridized carbons (Fsp3) is 0.588. The van der Waals surface area contributed by atoms with E-state index >= 15 is 0 Å². The van der Waals surface area contributed by atoms with E-state index in [1.807, 2.05) is 18.2 Å². The zero-order chi connectivity index (χ0) is 16.3. The third kappa shape index (κ3) is 3.88. The lowest BCUT2D eigenvalue weighted by molar-refractivity contribution is -0.294. The number of aryl methyl sites for hydroxylation is 1. The Bertz CT molecular complexity index is 541. The van der Waals surface area contributed by atoms with Crippen molar-refractivity contribution in [2.75, 3.05) is 12.9 Å². The second-order valence-electron chi connectivity index (χ2n) is 6.17. The predicted molar refractivity (Wildman–Crippen MR) is 89.4 cm³/mol. The maximum absolute atomic E-state index is 11.5. The molecule has 1 aromatic carbocycles. The minimum absolute atomic E-state index is 0.0593. The van der Waals surface area contributed by atoms with Crippen LogP contribution in [0.4, 0.5) is 4.79 Å². The molecule has 0 saturated carbocycles. The van der Waals surface area contributed by atoms with Gasteiger partial charge in [0.25, 0.3) is 5.24 Å².